The lowest BCUT2D eigenvalue weighted by Gasteiger charge is -2.08. The zero-order valence-corrected chi connectivity index (χ0v) is 9.16. The number of nitro benzene ring substituents is 1. The van der Waals surface area contributed by atoms with Gasteiger partial charge in [-0.1, -0.05) is 12.1 Å². The molecular weight excluding hydrogens is 226 g/mol. The van der Waals surface area contributed by atoms with Crippen LogP contribution in [0.15, 0.2) is 24.3 Å². The van der Waals surface area contributed by atoms with E-state index in [2.05, 4.69) is 0 Å². The second kappa shape index (κ2) is 4.06. The summed E-state index contributed by atoms with van der Waals surface area (Å²) in [6, 6.07) is 6.00. The van der Waals surface area contributed by atoms with Gasteiger partial charge in [-0.05, 0) is 25.4 Å². The Morgan fingerprint density at radius 3 is 2.71 bits per heavy atom. The third-order valence-corrected chi connectivity index (χ3v) is 2.87. The molecule has 0 saturated carbocycles. The minimum Gasteiger partial charge on any atom is -0.271 e. The Balaban J connectivity index is 2.95. The van der Waals surface area contributed by atoms with Crippen molar-refractivity contribution in [1.29, 1.82) is 0 Å². The lowest BCUT2D eigenvalue weighted by atomic mass is 10.2. The quantitative estimate of drug-likeness (QED) is 0.377. The summed E-state index contributed by atoms with van der Waals surface area (Å²) < 4.78 is 11.3. The molecule has 0 spiro atoms. The molecule has 0 aliphatic heterocycles. The van der Waals surface area contributed by atoms with Crippen molar-refractivity contribution in [3.05, 3.63) is 39.9 Å². The van der Waals surface area contributed by atoms with Crippen LogP contribution in [0.1, 0.15) is 5.56 Å². The minimum atomic E-state index is -2.69. The lowest BCUT2D eigenvalue weighted by Crippen LogP contribution is -2.03. The second-order valence-electron chi connectivity index (χ2n) is 3.07. The Morgan fingerprint density at radius 1 is 1.57 bits per heavy atom. The number of thiol groups is 1. The fourth-order valence-electron chi connectivity index (χ4n) is 1.09. The summed E-state index contributed by atoms with van der Waals surface area (Å²) >= 11 is 0. The van der Waals surface area contributed by atoms with Crippen LogP contribution in [-0.4, -0.2) is 15.4 Å². The number of rotatable bonds is 3. The molecule has 0 radical (unpaired) electrons. The predicted molar refractivity (Wildman–Crippen MR) is 58.1 cm³/mol. The highest BCUT2D eigenvalue weighted by Gasteiger charge is 2.09. The van der Waals surface area contributed by atoms with Gasteiger partial charge in [-0.2, -0.15) is 0 Å². The number of benzene rings is 1. The Labute approximate surface area is 87.0 Å². The highest BCUT2D eigenvalue weighted by molar-refractivity contribution is 8.22. The first-order valence-electron chi connectivity index (χ1n) is 3.88. The van der Waals surface area contributed by atoms with Crippen LogP contribution in [0, 0.1) is 10.1 Å². The Morgan fingerprint density at radius 2 is 2.21 bits per heavy atom. The van der Waals surface area contributed by atoms with E-state index in [1.807, 2.05) is 0 Å². The maximum absolute atomic E-state index is 11.3. The number of hydrogen-bond donors (Lipinski definition) is 1. The SMILES string of the molecule is C[SH](=O)(Cl)Cc1cccc([N+](=O)[O-])c1. The summed E-state index contributed by atoms with van der Waals surface area (Å²) in [7, 11) is 2.90. The van der Waals surface area contributed by atoms with Gasteiger partial charge in [-0.15, -0.1) is 0 Å². The van der Waals surface area contributed by atoms with Gasteiger partial charge in [0.2, 0.25) is 0 Å². The van der Waals surface area contributed by atoms with Gasteiger partial charge in [0.05, 0.1) is 4.92 Å². The molecule has 0 amide bonds. The van der Waals surface area contributed by atoms with Crippen LogP contribution in [0.5, 0.6) is 0 Å². The predicted octanol–water partition coefficient (Wildman–Crippen LogP) is 1.90. The zero-order valence-electron chi connectivity index (χ0n) is 7.51. The minimum absolute atomic E-state index is 0.00684. The van der Waals surface area contributed by atoms with Crippen molar-refractivity contribution >= 4 is 25.5 Å². The van der Waals surface area contributed by atoms with E-state index in [9.17, 15) is 14.3 Å². The Bertz CT molecular complexity index is 401. The summed E-state index contributed by atoms with van der Waals surface area (Å²) in [4.78, 5) is 9.93. The maximum Gasteiger partial charge on any atom is 0.269 e. The van der Waals surface area contributed by atoms with E-state index in [4.69, 9.17) is 10.7 Å². The number of nitrogens with zero attached hydrogens (tertiary/aromatic N) is 1. The molecular formula is C8H10ClNO3S. The average Bonchev–Trinajstić information content (AvgIpc) is 2.01. The standard InChI is InChI=1S/C8H10ClNO3S/c1-14(9,13)6-7-3-2-4-8(5-7)10(11)12/h2-5,14H,6H2,1H3. The van der Waals surface area contributed by atoms with Crippen LogP contribution in [0.3, 0.4) is 0 Å². The fraction of sp³-hybridized carbons (Fsp3) is 0.250. The molecule has 1 rings (SSSR count). The molecule has 1 aromatic rings. The first-order valence-corrected chi connectivity index (χ1v) is 7.12. The van der Waals surface area contributed by atoms with Gasteiger partial charge in [-0.25, -0.2) is 0 Å². The average molecular weight is 236 g/mol. The molecule has 0 aliphatic carbocycles. The number of halogens is 1. The van der Waals surface area contributed by atoms with Crippen LogP contribution in [0.2, 0.25) is 0 Å². The van der Waals surface area contributed by atoms with Crippen LogP contribution < -0.4 is 0 Å². The molecule has 1 aromatic carbocycles. The third kappa shape index (κ3) is 3.43. The van der Waals surface area contributed by atoms with Crippen LogP contribution in [-0.2, 0) is 14.9 Å². The van der Waals surface area contributed by atoms with Crippen molar-refractivity contribution in [3.63, 3.8) is 0 Å². The molecule has 0 atom stereocenters. The highest BCUT2D eigenvalue weighted by Crippen LogP contribution is 2.19. The van der Waals surface area contributed by atoms with E-state index in [0.717, 1.165) is 0 Å². The normalized spacial score (nSPS) is 12.4. The van der Waals surface area contributed by atoms with Crippen molar-refractivity contribution in [2.24, 2.45) is 0 Å². The van der Waals surface area contributed by atoms with Crippen molar-refractivity contribution in [1.82, 2.24) is 0 Å². The molecule has 0 fully saturated rings. The molecule has 78 valence electrons. The van der Waals surface area contributed by atoms with Gasteiger partial charge in [0.15, 0.2) is 0 Å². The Hall–Kier alpha value is -0.940. The molecule has 0 N–H and O–H groups in total. The number of nitro groups is 1. The van der Waals surface area contributed by atoms with Crippen LogP contribution in [0.25, 0.3) is 0 Å². The third-order valence-electron chi connectivity index (χ3n) is 1.59. The molecule has 0 heterocycles. The second-order valence-corrected chi connectivity index (χ2v) is 7.50. The maximum atomic E-state index is 11.3. The summed E-state index contributed by atoms with van der Waals surface area (Å²) in [5.41, 5.74) is 0.618. The van der Waals surface area contributed by atoms with Gasteiger partial charge in [0.1, 0.15) is 0 Å². The van der Waals surface area contributed by atoms with Crippen LogP contribution in [0.4, 0.5) is 5.69 Å². The first kappa shape index (κ1) is 11.1. The van der Waals surface area contributed by atoms with Gasteiger partial charge in [-0.3, -0.25) is 14.3 Å². The smallest absolute Gasteiger partial charge is 0.269 e. The van der Waals surface area contributed by atoms with Crippen molar-refractivity contribution < 1.29 is 9.13 Å². The van der Waals surface area contributed by atoms with E-state index < -0.39 is 14.1 Å². The van der Waals surface area contributed by atoms with E-state index in [-0.39, 0.29) is 11.4 Å². The van der Waals surface area contributed by atoms with Crippen molar-refractivity contribution in [2.75, 3.05) is 6.26 Å². The van der Waals surface area contributed by atoms with Gasteiger partial charge in [0.25, 0.3) is 5.69 Å². The molecule has 0 aromatic heterocycles. The molecule has 4 nitrogen and oxygen atoms in total. The number of hydrogen-bond acceptors (Lipinski definition) is 3. The topological polar surface area (TPSA) is 60.2 Å². The lowest BCUT2D eigenvalue weighted by molar-refractivity contribution is -0.384. The summed E-state index contributed by atoms with van der Waals surface area (Å²) in [5.74, 6) is 0.177. The summed E-state index contributed by atoms with van der Waals surface area (Å²) in [5, 5.41) is 10.4. The monoisotopic (exact) mass is 235 g/mol. The van der Waals surface area contributed by atoms with Crippen molar-refractivity contribution in [3.8, 4) is 0 Å². The molecule has 6 heteroatoms. The van der Waals surface area contributed by atoms with E-state index in [1.54, 1.807) is 12.1 Å². The molecule has 14 heavy (non-hydrogen) atoms. The first-order chi connectivity index (χ1) is 6.38. The summed E-state index contributed by atoms with van der Waals surface area (Å²) in [6.07, 6.45) is 1.44. The fourth-order valence-corrected chi connectivity index (χ4v) is 2.36. The van der Waals surface area contributed by atoms with E-state index in [1.165, 1.54) is 18.4 Å². The highest BCUT2D eigenvalue weighted by atomic mass is 35.7. The molecule has 0 bridgehead atoms. The van der Waals surface area contributed by atoms with Gasteiger partial charge >= 0.3 is 0 Å². The molecule has 0 aliphatic rings. The largest absolute Gasteiger partial charge is 0.271 e. The van der Waals surface area contributed by atoms with Crippen LogP contribution >= 0.6 is 10.7 Å². The molecule has 0 saturated heterocycles. The zero-order chi connectivity index (χ0) is 10.8. The van der Waals surface area contributed by atoms with E-state index >= 15 is 0 Å². The molecule has 0 unspecified atom stereocenters. The van der Waals surface area contributed by atoms with E-state index in [0.29, 0.717) is 5.56 Å². The Kier molecular flexibility index (Phi) is 3.23. The summed E-state index contributed by atoms with van der Waals surface area (Å²) in [6.45, 7) is 0. The number of non-ortho nitro benzene ring substituents is 1. The van der Waals surface area contributed by atoms with Gasteiger partial charge in [0, 0.05) is 24.1 Å². The van der Waals surface area contributed by atoms with Gasteiger partial charge < -0.3 is 0 Å². The van der Waals surface area contributed by atoms with Crippen molar-refractivity contribution in [2.45, 2.75) is 5.75 Å².